The maximum atomic E-state index is 13.1. The zero-order chi connectivity index (χ0) is 69.1. The van der Waals surface area contributed by atoms with Crippen molar-refractivity contribution in [3.8, 4) is 0 Å². The average molecular weight is 1380 g/mol. The van der Waals surface area contributed by atoms with Crippen LogP contribution in [0.15, 0.2) is 0 Å². The third-order valence-electron chi connectivity index (χ3n) is 17.9. The van der Waals surface area contributed by atoms with Gasteiger partial charge in [-0.2, -0.15) is 0 Å². The van der Waals surface area contributed by atoms with E-state index in [1.165, 1.54) is 218 Å². The van der Waals surface area contributed by atoms with Crippen molar-refractivity contribution in [3.05, 3.63) is 0 Å². The molecule has 0 aliphatic carbocycles. The van der Waals surface area contributed by atoms with Crippen LogP contribution in [0.1, 0.15) is 394 Å². The number of esters is 4. The topological polar surface area (TPSA) is 237 Å². The molecule has 0 bridgehead atoms. The lowest BCUT2D eigenvalue weighted by atomic mass is 9.99. The summed E-state index contributed by atoms with van der Waals surface area (Å²) in [5.74, 6) is -1.31. The van der Waals surface area contributed by atoms with Crippen molar-refractivity contribution in [1.82, 2.24) is 0 Å². The van der Waals surface area contributed by atoms with E-state index in [-0.39, 0.29) is 25.7 Å². The van der Waals surface area contributed by atoms with Gasteiger partial charge in [0.1, 0.15) is 19.3 Å². The maximum absolute atomic E-state index is 13.1. The Bertz CT molecular complexity index is 1810. The van der Waals surface area contributed by atoms with Crippen molar-refractivity contribution >= 4 is 39.5 Å². The predicted octanol–water partition coefficient (Wildman–Crippen LogP) is 22.1. The molecule has 0 heterocycles. The first kappa shape index (κ1) is 92.1. The standard InChI is InChI=1S/C75H146O17P2/c1-6-10-13-16-19-22-24-26-28-30-32-34-40-45-50-55-60-74(79)91-71(65-86-73(78)59-54-49-44-39-33-31-29-27-25-23-20-17-14-11-7-2)67-90-94(83,84)88-63-69(76)62-87-93(81,82)89-66-70(64-85-72(77)58-53-48-43-37-21-18-15-12-8-3)92-75(80)61-56-51-46-41-36-35-38-42-47-52-57-68(5)9-4/h68-71,76H,6-67H2,1-5H3,(H,81,82)(H,83,84)/t68?,69-,70+,71+/m0/s1. The summed E-state index contributed by atoms with van der Waals surface area (Å²) in [6.45, 7) is 7.30. The van der Waals surface area contributed by atoms with E-state index >= 15 is 0 Å². The van der Waals surface area contributed by atoms with Crippen LogP contribution in [0, 0.1) is 5.92 Å². The second kappa shape index (κ2) is 68.2. The highest BCUT2D eigenvalue weighted by Gasteiger charge is 2.30. The van der Waals surface area contributed by atoms with Crippen LogP contribution in [0.5, 0.6) is 0 Å². The van der Waals surface area contributed by atoms with E-state index in [9.17, 15) is 43.2 Å². The molecule has 0 aliphatic rings. The van der Waals surface area contributed by atoms with Gasteiger partial charge in [0.15, 0.2) is 12.2 Å². The summed E-state index contributed by atoms with van der Waals surface area (Å²) >= 11 is 0. The molecule has 558 valence electrons. The fourth-order valence-electron chi connectivity index (χ4n) is 11.5. The Morgan fingerprint density at radius 2 is 0.511 bits per heavy atom. The minimum atomic E-state index is -4.96. The van der Waals surface area contributed by atoms with Crippen LogP contribution in [0.25, 0.3) is 0 Å². The average Bonchev–Trinajstić information content (AvgIpc) is 2.48. The van der Waals surface area contributed by atoms with Gasteiger partial charge in [-0.1, -0.05) is 343 Å². The molecule has 0 fully saturated rings. The van der Waals surface area contributed by atoms with Gasteiger partial charge in [0.25, 0.3) is 0 Å². The van der Waals surface area contributed by atoms with Gasteiger partial charge in [0.05, 0.1) is 26.4 Å². The third-order valence-corrected chi connectivity index (χ3v) is 19.8. The highest BCUT2D eigenvalue weighted by atomic mass is 31.2. The van der Waals surface area contributed by atoms with Gasteiger partial charge < -0.3 is 33.8 Å². The fourth-order valence-corrected chi connectivity index (χ4v) is 13.1. The summed E-state index contributed by atoms with van der Waals surface area (Å²) in [6.07, 6.45) is 56.7. The molecule has 0 radical (unpaired) electrons. The number of ether oxygens (including phenoxy) is 4. The van der Waals surface area contributed by atoms with Crippen LogP contribution in [-0.4, -0.2) is 96.7 Å². The van der Waals surface area contributed by atoms with Crippen molar-refractivity contribution in [2.45, 2.75) is 412 Å². The molecular weight excluding hydrogens is 1230 g/mol. The van der Waals surface area contributed by atoms with Crippen LogP contribution in [0.2, 0.25) is 0 Å². The van der Waals surface area contributed by atoms with E-state index in [1.807, 2.05) is 0 Å². The molecule has 0 spiro atoms. The molecular formula is C75H146O17P2. The van der Waals surface area contributed by atoms with Gasteiger partial charge >= 0.3 is 39.5 Å². The van der Waals surface area contributed by atoms with E-state index in [4.69, 9.17) is 37.0 Å². The van der Waals surface area contributed by atoms with Gasteiger partial charge in [0, 0.05) is 25.7 Å². The third kappa shape index (κ3) is 67.3. The van der Waals surface area contributed by atoms with E-state index < -0.39 is 97.5 Å². The van der Waals surface area contributed by atoms with Gasteiger partial charge in [-0.25, -0.2) is 9.13 Å². The lowest BCUT2D eigenvalue weighted by molar-refractivity contribution is -0.161. The maximum Gasteiger partial charge on any atom is 0.472 e. The van der Waals surface area contributed by atoms with Crippen molar-refractivity contribution in [3.63, 3.8) is 0 Å². The summed E-state index contributed by atoms with van der Waals surface area (Å²) in [4.78, 5) is 72.8. The molecule has 0 saturated heterocycles. The highest BCUT2D eigenvalue weighted by Crippen LogP contribution is 2.45. The number of rotatable bonds is 75. The number of hydrogen-bond donors (Lipinski definition) is 3. The van der Waals surface area contributed by atoms with Crippen LogP contribution in [-0.2, 0) is 65.4 Å². The number of phosphoric acid groups is 2. The molecule has 0 aliphatic heterocycles. The zero-order valence-electron chi connectivity index (χ0n) is 61.1. The van der Waals surface area contributed by atoms with Crippen LogP contribution in [0.4, 0.5) is 0 Å². The first-order valence-corrected chi connectivity index (χ1v) is 42.2. The van der Waals surface area contributed by atoms with Gasteiger partial charge in [-0.05, 0) is 31.6 Å². The Kier molecular flexibility index (Phi) is 66.8. The summed E-state index contributed by atoms with van der Waals surface area (Å²) in [5, 5.41) is 10.6. The van der Waals surface area contributed by atoms with Crippen molar-refractivity contribution in [2.24, 2.45) is 5.92 Å². The van der Waals surface area contributed by atoms with Crippen molar-refractivity contribution in [2.75, 3.05) is 39.6 Å². The van der Waals surface area contributed by atoms with Crippen molar-refractivity contribution < 1.29 is 80.2 Å². The molecule has 0 aromatic heterocycles. The number of unbranched alkanes of at least 4 members (excludes halogenated alkanes) is 46. The predicted molar refractivity (Wildman–Crippen MR) is 382 cm³/mol. The monoisotopic (exact) mass is 1380 g/mol. The largest absolute Gasteiger partial charge is 0.472 e. The number of phosphoric ester groups is 2. The number of carbonyl (C=O) groups excluding carboxylic acids is 4. The number of carbonyl (C=O) groups is 4. The number of aliphatic hydroxyl groups is 1. The Labute approximate surface area is 575 Å². The van der Waals surface area contributed by atoms with Gasteiger partial charge in [-0.3, -0.25) is 37.3 Å². The summed E-state index contributed by atoms with van der Waals surface area (Å²) in [5.41, 5.74) is 0. The van der Waals surface area contributed by atoms with Crippen molar-refractivity contribution in [1.29, 1.82) is 0 Å². The van der Waals surface area contributed by atoms with Gasteiger partial charge in [-0.15, -0.1) is 0 Å². The Balaban J connectivity index is 5.24. The fraction of sp³-hybridized carbons (Fsp3) is 0.947. The van der Waals surface area contributed by atoms with E-state index in [0.717, 1.165) is 95.8 Å². The molecule has 0 saturated carbocycles. The molecule has 3 N–H and O–H groups in total. The zero-order valence-corrected chi connectivity index (χ0v) is 62.9. The minimum absolute atomic E-state index is 0.107. The first-order valence-electron chi connectivity index (χ1n) is 39.2. The molecule has 94 heavy (non-hydrogen) atoms. The van der Waals surface area contributed by atoms with E-state index in [0.29, 0.717) is 25.7 Å². The molecule has 17 nitrogen and oxygen atoms in total. The first-order chi connectivity index (χ1) is 45.6. The number of aliphatic hydroxyl groups excluding tert-OH is 1. The van der Waals surface area contributed by atoms with Gasteiger partial charge in [0.2, 0.25) is 0 Å². The highest BCUT2D eigenvalue weighted by molar-refractivity contribution is 7.47. The summed E-state index contributed by atoms with van der Waals surface area (Å²) < 4.78 is 68.5. The Hall–Kier alpha value is -1.94. The number of hydrogen-bond acceptors (Lipinski definition) is 15. The summed E-state index contributed by atoms with van der Waals surface area (Å²) in [6, 6.07) is 0. The van der Waals surface area contributed by atoms with Crippen LogP contribution in [0.3, 0.4) is 0 Å². The second-order valence-corrected chi connectivity index (χ2v) is 30.2. The van der Waals surface area contributed by atoms with E-state index in [2.05, 4.69) is 34.6 Å². The molecule has 0 rings (SSSR count). The lowest BCUT2D eigenvalue weighted by Gasteiger charge is -2.21. The molecule has 0 aromatic carbocycles. The lowest BCUT2D eigenvalue weighted by Crippen LogP contribution is -2.30. The van der Waals surface area contributed by atoms with Crippen LogP contribution < -0.4 is 0 Å². The minimum Gasteiger partial charge on any atom is -0.462 e. The molecule has 0 aromatic rings. The Morgan fingerprint density at radius 3 is 0.755 bits per heavy atom. The van der Waals surface area contributed by atoms with Crippen LogP contribution >= 0.6 is 15.6 Å². The smallest absolute Gasteiger partial charge is 0.462 e. The van der Waals surface area contributed by atoms with E-state index in [1.54, 1.807) is 0 Å². The SMILES string of the molecule is CCCCCCCCCCCCCCCCCCC(=O)O[C@H](COC(=O)CCCCCCCCCCCCCCCCC)COP(=O)(O)OC[C@@H](O)COP(=O)(O)OC[C@@H](COC(=O)CCCCCCCCCCC)OC(=O)CCCCCCCCCCCCC(C)CC. The second-order valence-electron chi connectivity index (χ2n) is 27.3. The molecule has 19 heteroatoms. The normalized spacial score (nSPS) is 14.3. The summed E-state index contributed by atoms with van der Waals surface area (Å²) in [7, 11) is -9.91. The Morgan fingerprint density at radius 1 is 0.298 bits per heavy atom. The molecule has 3 unspecified atom stereocenters. The quantitative estimate of drug-likeness (QED) is 0.0222. The molecule has 0 amide bonds. The molecule has 6 atom stereocenters.